The Bertz CT molecular complexity index is 836. The van der Waals surface area contributed by atoms with Crippen LogP contribution in [0.3, 0.4) is 0 Å². The third kappa shape index (κ3) is 4.10. The van der Waals surface area contributed by atoms with Crippen molar-refractivity contribution in [3.8, 4) is 6.07 Å². The fourth-order valence-corrected chi connectivity index (χ4v) is 4.17. The van der Waals surface area contributed by atoms with E-state index in [1.165, 1.54) is 4.90 Å². The standard InChI is InChI=1S/C15H19ClN4O3S2/c1-15(2)13(21)20(11-5-4-10(9-17)12(16)8-11)14(24)19(15)6-3-7-25(18,22)23/h4-5,8,14,24H,3,6-7H2,1-2H3,(H2,18,22,23). The van der Waals surface area contributed by atoms with E-state index in [9.17, 15) is 13.2 Å². The van der Waals surface area contributed by atoms with Gasteiger partial charge in [0.2, 0.25) is 15.9 Å². The van der Waals surface area contributed by atoms with Gasteiger partial charge in [0.1, 0.15) is 11.6 Å². The normalized spacial score (nSPS) is 20.7. The van der Waals surface area contributed by atoms with Gasteiger partial charge in [0.25, 0.3) is 0 Å². The van der Waals surface area contributed by atoms with E-state index in [1.807, 2.05) is 6.07 Å². The molecule has 0 saturated carbocycles. The lowest BCUT2D eigenvalue weighted by Crippen LogP contribution is -2.45. The smallest absolute Gasteiger partial charge is 0.249 e. The summed E-state index contributed by atoms with van der Waals surface area (Å²) in [5.41, 5.74) is -0.620. The lowest BCUT2D eigenvalue weighted by atomic mass is 10.0. The van der Waals surface area contributed by atoms with Gasteiger partial charge >= 0.3 is 0 Å². The van der Waals surface area contributed by atoms with Crippen LogP contribution in [0.5, 0.6) is 0 Å². The first-order chi connectivity index (χ1) is 11.5. The highest BCUT2D eigenvalue weighted by molar-refractivity contribution is 7.89. The van der Waals surface area contributed by atoms with Gasteiger partial charge in [-0.15, -0.1) is 12.6 Å². The van der Waals surface area contributed by atoms with Crippen LogP contribution < -0.4 is 10.0 Å². The highest BCUT2D eigenvalue weighted by Gasteiger charge is 2.50. The van der Waals surface area contributed by atoms with Crippen molar-refractivity contribution in [2.45, 2.75) is 31.3 Å². The van der Waals surface area contributed by atoms with Crippen LogP contribution in [0.25, 0.3) is 0 Å². The molecule has 136 valence electrons. The number of rotatable bonds is 5. The summed E-state index contributed by atoms with van der Waals surface area (Å²) in [6.45, 7) is 3.84. The molecule has 0 spiro atoms. The van der Waals surface area contributed by atoms with E-state index >= 15 is 0 Å². The SMILES string of the molecule is CC1(C)C(=O)N(c2ccc(C#N)c(Cl)c2)C(S)N1CCCS(N)(=O)=O. The molecule has 0 radical (unpaired) electrons. The van der Waals surface area contributed by atoms with Gasteiger partial charge in [0.15, 0.2) is 0 Å². The number of amides is 1. The number of sulfonamides is 1. The lowest BCUT2D eigenvalue weighted by molar-refractivity contribution is -0.123. The Kier molecular flexibility index (Phi) is 5.71. The van der Waals surface area contributed by atoms with E-state index in [0.29, 0.717) is 17.8 Å². The number of primary sulfonamides is 1. The molecule has 2 N–H and O–H groups in total. The maximum absolute atomic E-state index is 12.9. The second-order valence-corrected chi connectivity index (χ2v) is 8.87. The summed E-state index contributed by atoms with van der Waals surface area (Å²) < 4.78 is 22.2. The minimum absolute atomic E-state index is 0.170. The highest BCUT2D eigenvalue weighted by Crippen LogP contribution is 2.37. The largest absolute Gasteiger partial charge is 0.285 e. The van der Waals surface area contributed by atoms with Crippen LogP contribution in [-0.4, -0.2) is 42.6 Å². The van der Waals surface area contributed by atoms with Crippen LogP contribution >= 0.6 is 24.2 Å². The Hall–Kier alpha value is -1.31. The molecule has 1 saturated heterocycles. The second-order valence-electron chi connectivity index (χ2n) is 6.27. The third-order valence-electron chi connectivity index (χ3n) is 4.15. The van der Waals surface area contributed by atoms with Gasteiger partial charge in [0.05, 0.1) is 21.9 Å². The van der Waals surface area contributed by atoms with E-state index in [4.69, 9.17) is 22.0 Å². The second kappa shape index (κ2) is 7.13. The Morgan fingerprint density at radius 3 is 2.60 bits per heavy atom. The topological polar surface area (TPSA) is 108 Å². The first-order valence-corrected chi connectivity index (χ1v) is 10.1. The van der Waals surface area contributed by atoms with Crippen molar-refractivity contribution >= 4 is 45.8 Å². The van der Waals surface area contributed by atoms with Gasteiger partial charge in [-0.3, -0.25) is 14.6 Å². The maximum Gasteiger partial charge on any atom is 0.249 e. The number of carbonyl (C=O) groups excluding carboxylic acids is 1. The third-order valence-corrected chi connectivity index (χ3v) is 5.83. The number of nitriles is 1. The predicted molar refractivity (Wildman–Crippen MR) is 99.8 cm³/mol. The summed E-state index contributed by atoms with van der Waals surface area (Å²) >= 11 is 10.6. The zero-order chi connectivity index (χ0) is 19.0. The van der Waals surface area contributed by atoms with Crippen molar-refractivity contribution in [2.75, 3.05) is 17.2 Å². The van der Waals surface area contributed by atoms with Gasteiger partial charge in [-0.25, -0.2) is 13.6 Å². The van der Waals surface area contributed by atoms with Gasteiger partial charge in [-0.05, 0) is 38.5 Å². The molecule has 0 aromatic heterocycles. The average Bonchev–Trinajstić information content (AvgIpc) is 2.66. The molecule has 1 fully saturated rings. The number of benzene rings is 1. The van der Waals surface area contributed by atoms with Crippen LogP contribution in [0.15, 0.2) is 18.2 Å². The zero-order valence-corrected chi connectivity index (χ0v) is 16.3. The number of hydrogen-bond donors (Lipinski definition) is 2. The Balaban J connectivity index is 2.28. The number of thiol groups is 1. The fraction of sp³-hybridized carbons (Fsp3) is 0.467. The number of nitrogens with two attached hydrogens (primary N) is 1. The van der Waals surface area contributed by atoms with E-state index in [2.05, 4.69) is 12.6 Å². The molecule has 2 rings (SSSR count). The predicted octanol–water partition coefficient (Wildman–Crippen LogP) is 1.53. The summed E-state index contributed by atoms with van der Waals surface area (Å²) in [5, 5.41) is 14.2. The summed E-state index contributed by atoms with van der Waals surface area (Å²) in [6.07, 6.45) is 0.286. The van der Waals surface area contributed by atoms with Gasteiger partial charge in [-0.2, -0.15) is 5.26 Å². The molecule has 1 aliphatic heterocycles. The van der Waals surface area contributed by atoms with Gasteiger partial charge < -0.3 is 0 Å². The zero-order valence-electron chi connectivity index (χ0n) is 13.8. The van der Waals surface area contributed by atoms with Crippen molar-refractivity contribution in [1.82, 2.24) is 4.90 Å². The number of hydrogen-bond acceptors (Lipinski definition) is 6. The summed E-state index contributed by atoms with van der Waals surface area (Å²) in [5.74, 6) is -0.361. The van der Waals surface area contributed by atoms with Crippen LogP contribution in [0, 0.1) is 11.3 Å². The van der Waals surface area contributed by atoms with Gasteiger partial charge in [0, 0.05) is 12.2 Å². The van der Waals surface area contributed by atoms with E-state index in [0.717, 1.165) is 0 Å². The quantitative estimate of drug-likeness (QED) is 0.726. The fourth-order valence-electron chi connectivity index (χ4n) is 2.78. The Morgan fingerprint density at radius 1 is 1.44 bits per heavy atom. The number of carbonyl (C=O) groups is 1. The van der Waals surface area contributed by atoms with Crippen LogP contribution in [0.4, 0.5) is 5.69 Å². The lowest BCUT2D eigenvalue weighted by Gasteiger charge is -2.30. The Labute approximate surface area is 157 Å². The molecule has 10 heteroatoms. The molecule has 1 aromatic rings. The van der Waals surface area contributed by atoms with Gasteiger partial charge in [-0.1, -0.05) is 11.6 Å². The number of anilines is 1. The van der Waals surface area contributed by atoms with E-state index < -0.39 is 21.1 Å². The molecule has 1 aliphatic rings. The van der Waals surface area contributed by atoms with Crippen molar-refractivity contribution in [2.24, 2.45) is 5.14 Å². The molecule has 1 aromatic carbocycles. The molecule has 7 nitrogen and oxygen atoms in total. The molecule has 25 heavy (non-hydrogen) atoms. The molecular weight excluding hydrogens is 384 g/mol. The molecule has 1 atom stereocenters. The minimum atomic E-state index is -3.56. The number of nitrogens with zero attached hydrogens (tertiary/aromatic N) is 3. The summed E-state index contributed by atoms with van der Waals surface area (Å²) in [4.78, 5) is 16.1. The number of halogens is 1. The molecule has 1 unspecified atom stereocenters. The Morgan fingerprint density at radius 2 is 2.08 bits per heavy atom. The first kappa shape index (κ1) is 20.0. The van der Waals surface area contributed by atoms with E-state index in [-0.39, 0.29) is 23.1 Å². The molecule has 1 amide bonds. The van der Waals surface area contributed by atoms with Crippen molar-refractivity contribution in [1.29, 1.82) is 5.26 Å². The monoisotopic (exact) mass is 402 g/mol. The van der Waals surface area contributed by atoms with E-state index in [1.54, 1.807) is 36.9 Å². The molecule has 1 heterocycles. The summed E-state index contributed by atoms with van der Waals surface area (Å²) in [6, 6.07) is 6.69. The van der Waals surface area contributed by atoms with Crippen molar-refractivity contribution in [3.63, 3.8) is 0 Å². The molecular formula is C15H19ClN4O3S2. The maximum atomic E-state index is 12.9. The van der Waals surface area contributed by atoms with Crippen molar-refractivity contribution < 1.29 is 13.2 Å². The van der Waals surface area contributed by atoms with Crippen LogP contribution in [0.1, 0.15) is 25.8 Å². The summed E-state index contributed by atoms with van der Waals surface area (Å²) in [7, 11) is -3.56. The van der Waals surface area contributed by atoms with Crippen LogP contribution in [-0.2, 0) is 14.8 Å². The first-order valence-electron chi connectivity index (χ1n) is 7.47. The minimum Gasteiger partial charge on any atom is -0.285 e. The van der Waals surface area contributed by atoms with Crippen LogP contribution in [0.2, 0.25) is 5.02 Å². The highest BCUT2D eigenvalue weighted by atomic mass is 35.5. The molecule has 0 bridgehead atoms. The average molecular weight is 403 g/mol. The van der Waals surface area contributed by atoms with Crippen molar-refractivity contribution in [3.05, 3.63) is 28.8 Å². The molecule has 0 aliphatic carbocycles.